The zero-order chi connectivity index (χ0) is 14.3. The molecule has 0 radical (unpaired) electrons. The molecule has 4 heteroatoms. The monoisotopic (exact) mass is 272 g/mol. The molecule has 2 fully saturated rings. The van der Waals surface area contributed by atoms with E-state index in [4.69, 9.17) is 0 Å². The predicted octanol–water partition coefficient (Wildman–Crippen LogP) is 1.54. The van der Waals surface area contributed by atoms with Crippen molar-refractivity contribution in [1.29, 1.82) is 0 Å². The van der Waals surface area contributed by atoms with E-state index in [1.807, 2.05) is 6.07 Å². The first-order valence-corrected chi connectivity index (χ1v) is 7.19. The van der Waals surface area contributed by atoms with Crippen LogP contribution in [-0.2, 0) is 16.1 Å². The van der Waals surface area contributed by atoms with Crippen LogP contribution in [-0.4, -0.2) is 29.3 Å². The van der Waals surface area contributed by atoms with E-state index in [9.17, 15) is 9.59 Å². The van der Waals surface area contributed by atoms with Crippen molar-refractivity contribution in [1.82, 2.24) is 10.2 Å². The summed E-state index contributed by atoms with van der Waals surface area (Å²) < 4.78 is 0. The number of benzene rings is 1. The number of hydrogen-bond acceptors (Lipinski definition) is 2. The van der Waals surface area contributed by atoms with Crippen LogP contribution in [0.15, 0.2) is 18.2 Å². The molecule has 106 valence electrons. The summed E-state index contributed by atoms with van der Waals surface area (Å²) in [5, 5.41) is 2.83. The third kappa shape index (κ3) is 2.55. The predicted molar refractivity (Wildman–Crippen MR) is 76.0 cm³/mol. The van der Waals surface area contributed by atoms with Gasteiger partial charge in [-0.2, -0.15) is 0 Å². The molecule has 1 aromatic carbocycles. The third-order valence-electron chi connectivity index (χ3n) is 4.27. The maximum atomic E-state index is 12.4. The lowest BCUT2D eigenvalue weighted by atomic mass is 10.0. The smallest absolute Gasteiger partial charge is 0.246 e. The summed E-state index contributed by atoms with van der Waals surface area (Å²) in [7, 11) is 0. The summed E-state index contributed by atoms with van der Waals surface area (Å²) >= 11 is 0. The SMILES string of the molecule is Cc1ccc(CN2CC(=O)NC(C3CC3)C2=O)cc1C. The maximum absolute atomic E-state index is 12.4. The minimum Gasteiger partial charge on any atom is -0.342 e. The van der Waals surface area contributed by atoms with Gasteiger partial charge in [-0.1, -0.05) is 18.2 Å². The summed E-state index contributed by atoms with van der Waals surface area (Å²) in [5.74, 6) is 0.393. The quantitative estimate of drug-likeness (QED) is 0.907. The Bertz CT molecular complexity index is 564. The zero-order valence-electron chi connectivity index (χ0n) is 12.0. The van der Waals surface area contributed by atoms with Crippen molar-refractivity contribution in [3.05, 3.63) is 34.9 Å². The van der Waals surface area contributed by atoms with Crippen LogP contribution in [0.3, 0.4) is 0 Å². The molecule has 0 spiro atoms. The first kappa shape index (κ1) is 13.2. The Labute approximate surface area is 119 Å². The largest absolute Gasteiger partial charge is 0.342 e. The molecule has 1 atom stereocenters. The van der Waals surface area contributed by atoms with Gasteiger partial charge in [0.05, 0.1) is 6.54 Å². The number of piperazine rings is 1. The standard InChI is InChI=1S/C16H20N2O2/c1-10-3-4-12(7-11(10)2)8-18-9-14(19)17-15(16(18)20)13-5-6-13/h3-4,7,13,15H,5-6,8-9H2,1-2H3,(H,17,19). The number of nitrogens with zero attached hydrogens (tertiary/aromatic N) is 1. The minimum atomic E-state index is -0.289. The van der Waals surface area contributed by atoms with Crippen molar-refractivity contribution in [3.8, 4) is 0 Å². The fraction of sp³-hybridized carbons (Fsp3) is 0.500. The Balaban J connectivity index is 1.76. The highest BCUT2D eigenvalue weighted by atomic mass is 16.2. The zero-order valence-corrected chi connectivity index (χ0v) is 12.0. The number of amides is 2. The number of carbonyl (C=O) groups excluding carboxylic acids is 2. The molecule has 20 heavy (non-hydrogen) atoms. The molecule has 2 aliphatic rings. The number of aryl methyl sites for hydroxylation is 2. The van der Waals surface area contributed by atoms with Gasteiger partial charge in [-0.3, -0.25) is 9.59 Å². The fourth-order valence-corrected chi connectivity index (χ4v) is 2.73. The maximum Gasteiger partial charge on any atom is 0.246 e. The van der Waals surface area contributed by atoms with Gasteiger partial charge in [-0.05, 0) is 49.3 Å². The fourth-order valence-electron chi connectivity index (χ4n) is 2.73. The van der Waals surface area contributed by atoms with Crippen LogP contribution >= 0.6 is 0 Å². The van der Waals surface area contributed by atoms with Crippen LogP contribution in [0, 0.1) is 19.8 Å². The number of rotatable bonds is 3. The van der Waals surface area contributed by atoms with E-state index >= 15 is 0 Å². The van der Waals surface area contributed by atoms with Gasteiger partial charge in [-0.15, -0.1) is 0 Å². The van der Waals surface area contributed by atoms with E-state index in [1.165, 1.54) is 11.1 Å². The highest BCUT2D eigenvalue weighted by Crippen LogP contribution is 2.34. The molecule has 2 amide bonds. The Morgan fingerprint density at radius 3 is 2.60 bits per heavy atom. The van der Waals surface area contributed by atoms with Gasteiger partial charge in [0, 0.05) is 6.54 Å². The summed E-state index contributed by atoms with van der Waals surface area (Å²) in [5.41, 5.74) is 3.55. The van der Waals surface area contributed by atoms with E-state index in [-0.39, 0.29) is 24.4 Å². The second-order valence-electron chi connectivity index (χ2n) is 6.00. The second-order valence-corrected chi connectivity index (χ2v) is 6.00. The number of carbonyl (C=O) groups is 2. The highest BCUT2D eigenvalue weighted by Gasteiger charge is 2.42. The van der Waals surface area contributed by atoms with Crippen LogP contribution < -0.4 is 5.32 Å². The molecule has 0 bridgehead atoms. The van der Waals surface area contributed by atoms with Crippen molar-refractivity contribution in [2.45, 2.75) is 39.3 Å². The van der Waals surface area contributed by atoms with Crippen LogP contribution in [0.2, 0.25) is 0 Å². The number of nitrogens with one attached hydrogen (secondary N) is 1. The van der Waals surface area contributed by atoms with Crippen molar-refractivity contribution in [3.63, 3.8) is 0 Å². The summed E-state index contributed by atoms with van der Waals surface area (Å²) in [6.45, 7) is 4.84. The molecule has 1 saturated carbocycles. The lowest BCUT2D eigenvalue weighted by Gasteiger charge is -2.32. The van der Waals surface area contributed by atoms with Crippen LogP contribution in [0.25, 0.3) is 0 Å². The Morgan fingerprint density at radius 2 is 1.95 bits per heavy atom. The normalized spacial score (nSPS) is 22.9. The van der Waals surface area contributed by atoms with Gasteiger partial charge in [0.15, 0.2) is 0 Å². The van der Waals surface area contributed by atoms with E-state index in [2.05, 4.69) is 31.3 Å². The lowest BCUT2D eigenvalue weighted by Crippen LogP contribution is -2.58. The molecule has 1 N–H and O–H groups in total. The van der Waals surface area contributed by atoms with E-state index < -0.39 is 0 Å². The average Bonchev–Trinajstić information content (AvgIpc) is 3.22. The van der Waals surface area contributed by atoms with Crippen molar-refractivity contribution in [2.75, 3.05) is 6.54 Å². The minimum absolute atomic E-state index is 0.0367. The first-order chi connectivity index (χ1) is 9.54. The first-order valence-electron chi connectivity index (χ1n) is 7.19. The van der Waals surface area contributed by atoms with Gasteiger partial charge in [0.1, 0.15) is 6.04 Å². The second kappa shape index (κ2) is 4.93. The molecule has 1 aliphatic heterocycles. The molecule has 4 nitrogen and oxygen atoms in total. The molecular weight excluding hydrogens is 252 g/mol. The molecule has 1 aliphatic carbocycles. The Kier molecular flexibility index (Phi) is 3.24. The van der Waals surface area contributed by atoms with Gasteiger partial charge < -0.3 is 10.2 Å². The molecule has 1 saturated heterocycles. The van der Waals surface area contributed by atoms with E-state index in [1.54, 1.807) is 4.90 Å². The van der Waals surface area contributed by atoms with Gasteiger partial charge in [0.25, 0.3) is 0 Å². The number of hydrogen-bond donors (Lipinski definition) is 1. The summed E-state index contributed by atoms with van der Waals surface area (Å²) in [6, 6.07) is 5.91. The Hall–Kier alpha value is -1.84. The van der Waals surface area contributed by atoms with Crippen molar-refractivity contribution < 1.29 is 9.59 Å². The lowest BCUT2D eigenvalue weighted by molar-refractivity contribution is -0.145. The third-order valence-corrected chi connectivity index (χ3v) is 4.27. The molecule has 3 rings (SSSR count). The van der Waals surface area contributed by atoms with Crippen LogP contribution in [0.5, 0.6) is 0 Å². The summed E-state index contributed by atoms with van der Waals surface area (Å²) in [6.07, 6.45) is 2.10. The van der Waals surface area contributed by atoms with Crippen molar-refractivity contribution in [2.24, 2.45) is 5.92 Å². The Morgan fingerprint density at radius 1 is 1.20 bits per heavy atom. The molecule has 0 aromatic heterocycles. The highest BCUT2D eigenvalue weighted by molar-refractivity contribution is 5.95. The van der Waals surface area contributed by atoms with Gasteiger partial charge in [-0.25, -0.2) is 0 Å². The van der Waals surface area contributed by atoms with Gasteiger partial charge >= 0.3 is 0 Å². The summed E-state index contributed by atoms with van der Waals surface area (Å²) in [4.78, 5) is 25.9. The van der Waals surface area contributed by atoms with E-state index in [0.29, 0.717) is 12.5 Å². The molecule has 1 aromatic rings. The average molecular weight is 272 g/mol. The van der Waals surface area contributed by atoms with Crippen LogP contribution in [0.4, 0.5) is 0 Å². The van der Waals surface area contributed by atoms with Crippen molar-refractivity contribution >= 4 is 11.8 Å². The molecular formula is C16H20N2O2. The molecule has 1 heterocycles. The van der Waals surface area contributed by atoms with E-state index in [0.717, 1.165) is 18.4 Å². The molecule has 1 unspecified atom stereocenters. The van der Waals surface area contributed by atoms with Gasteiger partial charge in [0.2, 0.25) is 11.8 Å². The topological polar surface area (TPSA) is 49.4 Å². The van der Waals surface area contributed by atoms with Crippen LogP contribution in [0.1, 0.15) is 29.5 Å².